The zero-order chi connectivity index (χ0) is 12.5. The number of halogens is 2. The first-order chi connectivity index (χ1) is 7.40. The predicted molar refractivity (Wildman–Crippen MR) is 60.5 cm³/mol. The molecule has 6 heteroatoms. The molecule has 1 aromatic rings. The monoisotopic (exact) mass is 264 g/mol. The van der Waals surface area contributed by atoms with Gasteiger partial charge in [-0.1, -0.05) is 30.1 Å². The Bertz CT molecular complexity index is 443. The maximum Gasteiger partial charge on any atom is 0.307 e. The minimum Gasteiger partial charge on any atom is -0.504 e. The molecule has 0 saturated carbocycles. The summed E-state index contributed by atoms with van der Waals surface area (Å²) in [6.45, 7) is 1.71. The molecule has 0 bridgehead atoms. The van der Waals surface area contributed by atoms with Crippen molar-refractivity contribution in [3.8, 4) is 11.5 Å². The topological polar surface area (TPSA) is 77.8 Å². The van der Waals surface area contributed by atoms with Gasteiger partial charge in [-0.3, -0.25) is 4.79 Å². The van der Waals surface area contributed by atoms with Crippen LogP contribution in [0.5, 0.6) is 11.5 Å². The number of phenols is 2. The maximum absolute atomic E-state index is 10.7. The summed E-state index contributed by atoms with van der Waals surface area (Å²) in [5, 5.41) is 27.5. The maximum atomic E-state index is 10.7. The van der Waals surface area contributed by atoms with E-state index < -0.39 is 17.5 Å². The van der Waals surface area contributed by atoms with Gasteiger partial charge in [-0.2, -0.15) is 0 Å². The summed E-state index contributed by atoms with van der Waals surface area (Å²) < 4.78 is 0. The van der Waals surface area contributed by atoms with Gasteiger partial charge in [-0.15, -0.1) is 0 Å². The molecule has 0 aromatic heterocycles. The summed E-state index contributed by atoms with van der Waals surface area (Å²) in [5.41, 5.74) is 0.534. The van der Waals surface area contributed by atoms with Gasteiger partial charge in [0.2, 0.25) is 0 Å². The molecule has 0 fully saturated rings. The van der Waals surface area contributed by atoms with Crippen LogP contribution in [0, 0.1) is 0 Å². The summed E-state index contributed by atoms with van der Waals surface area (Å²) in [7, 11) is 0. The molecule has 0 aliphatic heterocycles. The summed E-state index contributed by atoms with van der Waals surface area (Å²) in [5.74, 6) is -2.01. The lowest BCUT2D eigenvalue weighted by molar-refractivity contribution is -0.136. The predicted octanol–water partition coefficient (Wildman–Crippen LogP) is 2.59. The number of rotatable bonds is 3. The number of phenolic OH excluding ortho intramolecular Hbond substituents is 2. The van der Waals surface area contributed by atoms with Crippen molar-refractivity contribution in [2.45, 2.75) is 19.8 Å². The number of carboxylic acids is 1. The molecule has 0 aliphatic rings. The number of benzene rings is 1. The molecule has 0 radical (unpaired) electrons. The Labute approximate surface area is 102 Å². The molecular formula is C10H10Cl2O4. The van der Waals surface area contributed by atoms with E-state index in [1.54, 1.807) is 6.92 Å². The Morgan fingerprint density at radius 3 is 2.12 bits per heavy atom. The molecule has 0 unspecified atom stereocenters. The minimum atomic E-state index is -1.09. The summed E-state index contributed by atoms with van der Waals surface area (Å²) >= 11 is 11.5. The number of aliphatic carboxylic acids is 1. The minimum absolute atomic E-state index is 0.0313. The third-order valence-corrected chi connectivity index (χ3v) is 3.10. The molecule has 0 aliphatic carbocycles. The number of hydrogen-bond acceptors (Lipinski definition) is 3. The second kappa shape index (κ2) is 4.80. The molecule has 0 spiro atoms. The molecule has 1 aromatic carbocycles. The van der Waals surface area contributed by atoms with Gasteiger partial charge < -0.3 is 15.3 Å². The third-order valence-electron chi connectivity index (χ3n) is 2.22. The van der Waals surface area contributed by atoms with Gasteiger partial charge in [0.1, 0.15) is 5.02 Å². The Hall–Kier alpha value is -1.13. The van der Waals surface area contributed by atoms with E-state index in [-0.39, 0.29) is 22.0 Å². The molecule has 3 N–H and O–H groups in total. The lowest BCUT2D eigenvalue weighted by Crippen LogP contribution is -2.05. The van der Waals surface area contributed by atoms with Gasteiger partial charge in [0.05, 0.1) is 11.4 Å². The van der Waals surface area contributed by atoms with E-state index in [1.165, 1.54) is 0 Å². The van der Waals surface area contributed by atoms with Crippen LogP contribution >= 0.6 is 23.2 Å². The van der Waals surface area contributed by atoms with Crippen LogP contribution in [0.3, 0.4) is 0 Å². The van der Waals surface area contributed by atoms with E-state index >= 15 is 0 Å². The summed E-state index contributed by atoms with van der Waals surface area (Å²) in [4.78, 5) is 10.7. The summed E-state index contributed by atoms with van der Waals surface area (Å²) in [6.07, 6.45) is -0.00549. The van der Waals surface area contributed by atoms with Crippen LogP contribution < -0.4 is 0 Å². The van der Waals surface area contributed by atoms with E-state index in [1.807, 2.05) is 0 Å². The lowest BCUT2D eigenvalue weighted by Gasteiger charge is -2.13. The zero-order valence-electron chi connectivity index (χ0n) is 8.42. The highest BCUT2D eigenvalue weighted by Crippen LogP contribution is 2.44. The number of carboxylic acid groups (broad SMARTS) is 1. The van der Waals surface area contributed by atoms with Crippen molar-refractivity contribution in [2.75, 3.05) is 0 Å². The van der Waals surface area contributed by atoms with Crippen molar-refractivity contribution in [3.63, 3.8) is 0 Å². The van der Waals surface area contributed by atoms with E-state index in [0.29, 0.717) is 12.0 Å². The van der Waals surface area contributed by atoms with Crippen molar-refractivity contribution >= 4 is 29.2 Å². The van der Waals surface area contributed by atoms with Crippen molar-refractivity contribution in [2.24, 2.45) is 0 Å². The van der Waals surface area contributed by atoms with Crippen LogP contribution in [0.4, 0.5) is 0 Å². The normalized spacial score (nSPS) is 10.4. The second-order valence-corrected chi connectivity index (χ2v) is 3.96. The standard InChI is InChI=1S/C10H10Cl2O4/c1-2-4-5(3-6(13)14)7(11)8(12)10(16)9(4)15/h15-16H,2-3H2,1H3,(H,13,14). The molecular weight excluding hydrogens is 255 g/mol. The van der Waals surface area contributed by atoms with Gasteiger partial charge in [0, 0.05) is 5.56 Å². The van der Waals surface area contributed by atoms with Crippen molar-refractivity contribution in [1.29, 1.82) is 0 Å². The SMILES string of the molecule is CCc1c(O)c(O)c(Cl)c(Cl)c1CC(=O)O. The average Bonchev–Trinajstić information content (AvgIpc) is 2.23. The number of hydrogen-bond donors (Lipinski definition) is 3. The van der Waals surface area contributed by atoms with E-state index in [0.717, 1.165) is 0 Å². The zero-order valence-corrected chi connectivity index (χ0v) is 9.93. The first-order valence-electron chi connectivity index (χ1n) is 4.52. The van der Waals surface area contributed by atoms with Crippen molar-refractivity contribution < 1.29 is 20.1 Å². The highest BCUT2D eigenvalue weighted by molar-refractivity contribution is 6.43. The Morgan fingerprint density at radius 2 is 1.69 bits per heavy atom. The van der Waals surface area contributed by atoms with Crippen LogP contribution in [0.25, 0.3) is 0 Å². The van der Waals surface area contributed by atoms with Crippen LogP contribution in [0.2, 0.25) is 10.0 Å². The fourth-order valence-electron chi connectivity index (χ4n) is 1.48. The molecule has 4 nitrogen and oxygen atoms in total. The highest BCUT2D eigenvalue weighted by Gasteiger charge is 2.21. The smallest absolute Gasteiger partial charge is 0.307 e. The van der Waals surface area contributed by atoms with E-state index in [9.17, 15) is 15.0 Å². The van der Waals surface area contributed by atoms with Gasteiger partial charge in [-0.05, 0) is 12.0 Å². The van der Waals surface area contributed by atoms with Gasteiger partial charge in [0.25, 0.3) is 0 Å². The molecule has 0 atom stereocenters. The first kappa shape index (κ1) is 12.9. The third kappa shape index (κ3) is 2.18. The number of carbonyl (C=O) groups is 1. The second-order valence-electron chi connectivity index (χ2n) is 3.21. The van der Waals surface area contributed by atoms with Crippen LogP contribution in [0.1, 0.15) is 18.1 Å². The highest BCUT2D eigenvalue weighted by atomic mass is 35.5. The van der Waals surface area contributed by atoms with Gasteiger partial charge >= 0.3 is 5.97 Å². The first-order valence-corrected chi connectivity index (χ1v) is 5.28. The fourth-order valence-corrected chi connectivity index (χ4v) is 1.95. The van der Waals surface area contributed by atoms with Crippen LogP contribution in [-0.2, 0) is 17.6 Å². The Kier molecular flexibility index (Phi) is 3.88. The largest absolute Gasteiger partial charge is 0.504 e. The quantitative estimate of drug-likeness (QED) is 0.734. The van der Waals surface area contributed by atoms with Crippen LogP contribution in [-0.4, -0.2) is 21.3 Å². The van der Waals surface area contributed by atoms with Gasteiger partial charge in [0.15, 0.2) is 11.5 Å². The van der Waals surface area contributed by atoms with Gasteiger partial charge in [-0.25, -0.2) is 0 Å². The average molecular weight is 265 g/mol. The molecule has 16 heavy (non-hydrogen) atoms. The van der Waals surface area contributed by atoms with E-state index in [2.05, 4.69) is 0 Å². The van der Waals surface area contributed by atoms with Crippen molar-refractivity contribution in [3.05, 3.63) is 21.2 Å². The Balaban J connectivity index is 3.50. The Morgan fingerprint density at radius 1 is 1.12 bits per heavy atom. The molecule has 0 heterocycles. The van der Waals surface area contributed by atoms with Crippen molar-refractivity contribution in [1.82, 2.24) is 0 Å². The number of aromatic hydroxyl groups is 2. The molecule has 0 saturated heterocycles. The lowest BCUT2D eigenvalue weighted by atomic mass is 10.0. The fraction of sp³-hybridized carbons (Fsp3) is 0.300. The molecule has 88 valence electrons. The molecule has 0 amide bonds. The summed E-state index contributed by atoms with van der Waals surface area (Å²) in [6, 6.07) is 0. The van der Waals surface area contributed by atoms with E-state index in [4.69, 9.17) is 28.3 Å². The molecule has 1 rings (SSSR count). The van der Waals surface area contributed by atoms with Crippen LogP contribution in [0.15, 0.2) is 0 Å².